The third-order valence-corrected chi connectivity index (χ3v) is 3.41. The Morgan fingerprint density at radius 3 is 2.47 bits per heavy atom. The SMILES string of the molecule is O=C(C1=CCCCC1)c1ccc(I)cc1. The number of carbonyl (C=O) groups excluding carboxylic acids is 1. The highest BCUT2D eigenvalue weighted by Crippen LogP contribution is 2.21. The van der Waals surface area contributed by atoms with Crippen molar-refractivity contribution in [2.45, 2.75) is 25.7 Å². The van der Waals surface area contributed by atoms with Crippen LogP contribution in [0.1, 0.15) is 36.0 Å². The van der Waals surface area contributed by atoms with Gasteiger partial charge in [0.05, 0.1) is 0 Å². The summed E-state index contributed by atoms with van der Waals surface area (Å²) in [5, 5.41) is 0. The highest BCUT2D eigenvalue weighted by atomic mass is 127. The monoisotopic (exact) mass is 312 g/mol. The fourth-order valence-electron chi connectivity index (χ4n) is 1.83. The van der Waals surface area contributed by atoms with E-state index in [0.717, 1.165) is 30.4 Å². The quantitative estimate of drug-likeness (QED) is 0.596. The number of rotatable bonds is 2. The molecule has 0 heterocycles. The van der Waals surface area contributed by atoms with Crippen LogP contribution in [0.3, 0.4) is 0 Å². The molecule has 1 aromatic carbocycles. The second-order valence-corrected chi connectivity index (χ2v) is 5.06. The molecule has 0 N–H and O–H groups in total. The molecule has 0 aromatic heterocycles. The summed E-state index contributed by atoms with van der Waals surface area (Å²) in [7, 11) is 0. The van der Waals surface area contributed by atoms with Gasteiger partial charge in [-0.05, 0) is 66.0 Å². The smallest absolute Gasteiger partial charge is 0.188 e. The van der Waals surface area contributed by atoms with Crippen LogP contribution in [0.5, 0.6) is 0 Å². The topological polar surface area (TPSA) is 17.1 Å². The van der Waals surface area contributed by atoms with Crippen molar-refractivity contribution < 1.29 is 4.79 Å². The Hall–Kier alpha value is -0.640. The van der Waals surface area contributed by atoms with Crippen LogP contribution in [0.2, 0.25) is 0 Å². The molecule has 0 atom stereocenters. The largest absolute Gasteiger partial charge is 0.289 e. The van der Waals surface area contributed by atoms with E-state index in [1.165, 1.54) is 9.99 Å². The van der Waals surface area contributed by atoms with Crippen LogP contribution in [-0.4, -0.2) is 5.78 Å². The first-order chi connectivity index (χ1) is 7.27. The Morgan fingerprint density at radius 1 is 1.13 bits per heavy atom. The number of benzene rings is 1. The number of hydrogen-bond donors (Lipinski definition) is 0. The van der Waals surface area contributed by atoms with E-state index >= 15 is 0 Å². The van der Waals surface area contributed by atoms with E-state index in [9.17, 15) is 4.79 Å². The van der Waals surface area contributed by atoms with Crippen molar-refractivity contribution in [2.24, 2.45) is 0 Å². The highest BCUT2D eigenvalue weighted by Gasteiger charge is 2.13. The molecule has 0 bridgehead atoms. The van der Waals surface area contributed by atoms with Crippen LogP contribution in [0, 0.1) is 3.57 Å². The van der Waals surface area contributed by atoms with Crippen molar-refractivity contribution in [2.75, 3.05) is 0 Å². The molecular formula is C13H13IO. The van der Waals surface area contributed by atoms with E-state index < -0.39 is 0 Å². The van der Waals surface area contributed by atoms with Crippen molar-refractivity contribution >= 4 is 28.4 Å². The predicted octanol–water partition coefficient (Wildman–Crippen LogP) is 3.97. The van der Waals surface area contributed by atoms with E-state index in [1.54, 1.807) is 0 Å². The van der Waals surface area contributed by atoms with Crippen molar-refractivity contribution in [1.82, 2.24) is 0 Å². The molecule has 2 rings (SSSR count). The first-order valence-corrected chi connectivity index (χ1v) is 6.34. The second-order valence-electron chi connectivity index (χ2n) is 3.81. The lowest BCUT2D eigenvalue weighted by molar-refractivity contribution is 0.102. The minimum Gasteiger partial charge on any atom is -0.289 e. The van der Waals surface area contributed by atoms with Gasteiger partial charge in [0.25, 0.3) is 0 Å². The van der Waals surface area contributed by atoms with Gasteiger partial charge in [0.2, 0.25) is 0 Å². The summed E-state index contributed by atoms with van der Waals surface area (Å²) in [6, 6.07) is 7.80. The lowest BCUT2D eigenvalue weighted by atomic mass is 9.93. The zero-order valence-corrected chi connectivity index (χ0v) is 10.7. The number of hydrogen-bond acceptors (Lipinski definition) is 1. The maximum absolute atomic E-state index is 12.0. The molecule has 0 fully saturated rings. The molecule has 0 saturated carbocycles. The van der Waals surface area contributed by atoms with E-state index in [1.807, 2.05) is 24.3 Å². The van der Waals surface area contributed by atoms with E-state index in [0.29, 0.717) is 0 Å². The normalized spacial score (nSPS) is 15.9. The predicted molar refractivity (Wildman–Crippen MR) is 70.0 cm³/mol. The maximum Gasteiger partial charge on any atom is 0.188 e. The van der Waals surface area contributed by atoms with Gasteiger partial charge in [0, 0.05) is 9.13 Å². The van der Waals surface area contributed by atoms with Gasteiger partial charge < -0.3 is 0 Å². The molecule has 0 aliphatic heterocycles. The number of Topliss-reactive ketones (excluding diaryl/α,β-unsaturated/α-hetero) is 1. The van der Waals surface area contributed by atoms with Crippen LogP contribution in [-0.2, 0) is 0 Å². The lowest BCUT2D eigenvalue weighted by Gasteiger charge is -2.11. The Bertz CT molecular complexity index is 390. The summed E-state index contributed by atoms with van der Waals surface area (Å²) in [6.45, 7) is 0. The molecular weight excluding hydrogens is 299 g/mol. The van der Waals surface area contributed by atoms with Crippen molar-refractivity contribution in [3.05, 3.63) is 45.0 Å². The van der Waals surface area contributed by atoms with Gasteiger partial charge >= 0.3 is 0 Å². The molecule has 15 heavy (non-hydrogen) atoms. The summed E-state index contributed by atoms with van der Waals surface area (Å²) in [4.78, 5) is 12.0. The van der Waals surface area contributed by atoms with Crippen LogP contribution >= 0.6 is 22.6 Å². The van der Waals surface area contributed by atoms with Crippen molar-refractivity contribution in [1.29, 1.82) is 0 Å². The summed E-state index contributed by atoms with van der Waals surface area (Å²) in [6.07, 6.45) is 6.49. The van der Waals surface area contributed by atoms with Crippen LogP contribution in [0.15, 0.2) is 35.9 Å². The third kappa shape index (κ3) is 2.68. The van der Waals surface area contributed by atoms with E-state index in [2.05, 4.69) is 28.7 Å². The minimum atomic E-state index is 0.214. The molecule has 1 nitrogen and oxygen atoms in total. The first kappa shape index (κ1) is 10.9. The zero-order valence-electron chi connectivity index (χ0n) is 8.50. The Labute approximate surface area is 104 Å². The van der Waals surface area contributed by atoms with Gasteiger partial charge in [-0.3, -0.25) is 4.79 Å². The Morgan fingerprint density at radius 2 is 1.87 bits per heavy atom. The summed E-state index contributed by atoms with van der Waals surface area (Å²) < 4.78 is 1.17. The van der Waals surface area contributed by atoms with Crippen molar-refractivity contribution in [3.8, 4) is 0 Å². The number of carbonyl (C=O) groups is 1. The van der Waals surface area contributed by atoms with Crippen LogP contribution in [0.4, 0.5) is 0 Å². The fraction of sp³-hybridized carbons (Fsp3) is 0.308. The van der Waals surface area contributed by atoms with Gasteiger partial charge in [-0.15, -0.1) is 0 Å². The summed E-state index contributed by atoms with van der Waals surface area (Å²) >= 11 is 2.25. The van der Waals surface area contributed by atoms with E-state index in [-0.39, 0.29) is 5.78 Å². The molecule has 0 spiro atoms. The molecule has 78 valence electrons. The molecule has 0 amide bonds. The fourth-order valence-corrected chi connectivity index (χ4v) is 2.19. The van der Waals surface area contributed by atoms with Gasteiger partial charge in [-0.1, -0.05) is 18.2 Å². The van der Waals surface area contributed by atoms with Crippen LogP contribution in [0.25, 0.3) is 0 Å². The van der Waals surface area contributed by atoms with Gasteiger partial charge in [0.1, 0.15) is 0 Å². The van der Waals surface area contributed by atoms with Crippen LogP contribution < -0.4 is 0 Å². The van der Waals surface area contributed by atoms with E-state index in [4.69, 9.17) is 0 Å². The standard InChI is InChI=1S/C13H13IO/c14-12-8-6-11(7-9-12)13(15)10-4-2-1-3-5-10/h4,6-9H,1-3,5H2. The molecule has 1 aromatic rings. The first-order valence-electron chi connectivity index (χ1n) is 5.26. The average molecular weight is 312 g/mol. The number of ketones is 1. The summed E-state index contributed by atoms with van der Waals surface area (Å²) in [5.74, 6) is 0.214. The van der Waals surface area contributed by atoms with Crippen molar-refractivity contribution in [3.63, 3.8) is 0 Å². The average Bonchev–Trinajstić information content (AvgIpc) is 2.30. The molecule has 0 saturated heterocycles. The molecule has 1 aliphatic carbocycles. The second kappa shape index (κ2) is 4.92. The molecule has 1 aliphatic rings. The Balaban J connectivity index is 2.20. The van der Waals surface area contributed by atoms with Gasteiger partial charge in [-0.25, -0.2) is 0 Å². The van der Waals surface area contributed by atoms with Gasteiger partial charge in [0.15, 0.2) is 5.78 Å². The molecule has 0 unspecified atom stereocenters. The molecule has 2 heteroatoms. The number of halogens is 1. The third-order valence-electron chi connectivity index (χ3n) is 2.69. The maximum atomic E-state index is 12.0. The minimum absolute atomic E-state index is 0.214. The summed E-state index contributed by atoms with van der Waals surface area (Å²) in [5.41, 5.74) is 1.83. The number of allylic oxidation sites excluding steroid dienone is 2. The highest BCUT2D eigenvalue weighted by molar-refractivity contribution is 14.1. The Kier molecular flexibility index (Phi) is 3.57. The zero-order chi connectivity index (χ0) is 10.7. The molecule has 0 radical (unpaired) electrons. The van der Waals surface area contributed by atoms with Gasteiger partial charge in [-0.2, -0.15) is 0 Å². The lowest BCUT2D eigenvalue weighted by Crippen LogP contribution is -2.06.